The van der Waals surface area contributed by atoms with E-state index in [2.05, 4.69) is 20.7 Å². The van der Waals surface area contributed by atoms with Crippen LogP contribution < -0.4 is 5.32 Å². The normalized spacial score (nSPS) is 12.5. The predicted octanol–water partition coefficient (Wildman–Crippen LogP) is 3.80. The average molecular weight is 320 g/mol. The number of aliphatic hydroxyl groups excluding tert-OH is 1. The van der Waals surface area contributed by atoms with Crippen molar-refractivity contribution in [1.29, 1.82) is 0 Å². The number of aliphatic hydroxyl groups is 1. The third-order valence-electron chi connectivity index (χ3n) is 3.09. The Hall–Kier alpha value is -1.69. The van der Waals surface area contributed by atoms with Gasteiger partial charge in [-0.15, -0.1) is 11.3 Å². The third kappa shape index (κ3) is 3.00. The lowest BCUT2D eigenvalue weighted by molar-refractivity contribution is 0.208. The minimum Gasteiger partial charge on any atom is -0.392 e. The SMILES string of the molecule is C[C@H](O)CNc1ncnc2scc(-c3ccc(Cl)cc3)c12. The van der Waals surface area contributed by atoms with E-state index in [4.69, 9.17) is 11.6 Å². The minimum atomic E-state index is -0.437. The highest BCUT2D eigenvalue weighted by Gasteiger charge is 2.13. The fraction of sp³-hybridized carbons (Fsp3) is 0.200. The number of thiophene rings is 1. The zero-order valence-electron chi connectivity index (χ0n) is 11.4. The lowest BCUT2D eigenvalue weighted by atomic mass is 10.1. The van der Waals surface area contributed by atoms with Crippen LogP contribution in [0.2, 0.25) is 5.02 Å². The number of hydrogen-bond acceptors (Lipinski definition) is 5. The van der Waals surface area contributed by atoms with E-state index < -0.39 is 6.10 Å². The summed E-state index contributed by atoms with van der Waals surface area (Å²) in [6.07, 6.45) is 1.10. The first kappa shape index (κ1) is 14.3. The molecule has 0 bridgehead atoms. The van der Waals surface area contributed by atoms with E-state index in [1.807, 2.05) is 24.3 Å². The van der Waals surface area contributed by atoms with Crippen molar-refractivity contribution in [2.45, 2.75) is 13.0 Å². The maximum atomic E-state index is 9.44. The molecule has 6 heteroatoms. The zero-order valence-corrected chi connectivity index (χ0v) is 12.9. The molecule has 2 aromatic heterocycles. The van der Waals surface area contributed by atoms with Crippen LogP contribution in [0.4, 0.5) is 5.82 Å². The summed E-state index contributed by atoms with van der Waals surface area (Å²) in [6, 6.07) is 7.70. The van der Waals surface area contributed by atoms with Crippen molar-refractivity contribution in [3.63, 3.8) is 0 Å². The van der Waals surface area contributed by atoms with Gasteiger partial charge in [0.2, 0.25) is 0 Å². The summed E-state index contributed by atoms with van der Waals surface area (Å²) in [5, 5.41) is 16.4. The summed E-state index contributed by atoms with van der Waals surface area (Å²) in [5.74, 6) is 0.743. The van der Waals surface area contributed by atoms with Gasteiger partial charge < -0.3 is 10.4 Å². The van der Waals surface area contributed by atoms with Gasteiger partial charge in [0, 0.05) is 22.5 Å². The number of anilines is 1. The summed E-state index contributed by atoms with van der Waals surface area (Å²) in [4.78, 5) is 9.53. The molecule has 0 fully saturated rings. The van der Waals surface area contributed by atoms with Gasteiger partial charge in [-0.3, -0.25) is 0 Å². The Morgan fingerprint density at radius 2 is 2.05 bits per heavy atom. The van der Waals surface area contributed by atoms with Crippen LogP contribution in [0.1, 0.15) is 6.92 Å². The smallest absolute Gasteiger partial charge is 0.138 e. The Labute approximate surface area is 131 Å². The molecule has 0 aliphatic rings. The number of nitrogens with zero attached hydrogens (tertiary/aromatic N) is 2. The Balaban J connectivity index is 2.08. The zero-order chi connectivity index (χ0) is 14.8. The van der Waals surface area contributed by atoms with E-state index in [0.717, 1.165) is 27.2 Å². The second kappa shape index (κ2) is 5.97. The number of fused-ring (bicyclic) bond motifs is 1. The standard InChI is InChI=1S/C15H14ClN3OS/c1-9(20)6-17-14-13-12(7-21-15(13)19-8-18-14)10-2-4-11(16)5-3-10/h2-5,7-9,20H,6H2,1H3,(H,17,18,19)/t9-/m0/s1. The van der Waals surface area contributed by atoms with Gasteiger partial charge in [-0.1, -0.05) is 23.7 Å². The number of benzene rings is 1. The molecule has 2 heterocycles. The van der Waals surface area contributed by atoms with Gasteiger partial charge in [-0.25, -0.2) is 9.97 Å². The van der Waals surface area contributed by atoms with E-state index in [-0.39, 0.29) is 0 Å². The molecule has 0 radical (unpaired) electrons. The molecule has 0 saturated heterocycles. The number of aromatic nitrogens is 2. The molecule has 4 nitrogen and oxygen atoms in total. The number of nitrogens with one attached hydrogen (secondary N) is 1. The molecule has 0 saturated carbocycles. The van der Waals surface area contributed by atoms with Crippen LogP contribution in [-0.4, -0.2) is 27.7 Å². The molecule has 3 rings (SSSR count). The molecule has 0 spiro atoms. The van der Waals surface area contributed by atoms with Crippen molar-refractivity contribution >= 4 is 39.0 Å². The lowest BCUT2D eigenvalue weighted by Gasteiger charge is -2.09. The summed E-state index contributed by atoms with van der Waals surface area (Å²) in [6.45, 7) is 2.18. The fourth-order valence-electron chi connectivity index (χ4n) is 2.10. The average Bonchev–Trinajstić information content (AvgIpc) is 2.90. The van der Waals surface area contributed by atoms with E-state index >= 15 is 0 Å². The van der Waals surface area contributed by atoms with E-state index in [9.17, 15) is 5.11 Å². The molecule has 2 N–H and O–H groups in total. The Morgan fingerprint density at radius 3 is 2.76 bits per heavy atom. The van der Waals surface area contributed by atoms with Crippen LogP contribution >= 0.6 is 22.9 Å². The van der Waals surface area contributed by atoms with Crippen LogP contribution in [0.3, 0.4) is 0 Å². The maximum Gasteiger partial charge on any atom is 0.138 e. The van der Waals surface area contributed by atoms with Gasteiger partial charge in [0.25, 0.3) is 0 Å². The Kier molecular flexibility index (Phi) is 4.05. The van der Waals surface area contributed by atoms with Gasteiger partial charge >= 0.3 is 0 Å². The van der Waals surface area contributed by atoms with Crippen LogP contribution in [-0.2, 0) is 0 Å². The fourth-order valence-corrected chi connectivity index (χ4v) is 3.14. The van der Waals surface area contributed by atoms with Gasteiger partial charge in [0.05, 0.1) is 11.5 Å². The number of rotatable bonds is 4. The highest BCUT2D eigenvalue weighted by atomic mass is 35.5. The first-order valence-electron chi connectivity index (χ1n) is 6.55. The topological polar surface area (TPSA) is 58.0 Å². The lowest BCUT2D eigenvalue weighted by Crippen LogP contribution is -2.16. The van der Waals surface area contributed by atoms with Gasteiger partial charge in [-0.2, -0.15) is 0 Å². The summed E-state index contributed by atoms with van der Waals surface area (Å²) < 4.78 is 0. The summed E-state index contributed by atoms with van der Waals surface area (Å²) in [7, 11) is 0. The largest absolute Gasteiger partial charge is 0.392 e. The molecule has 21 heavy (non-hydrogen) atoms. The van der Waals surface area contributed by atoms with Crippen molar-refractivity contribution in [3.05, 3.63) is 41.0 Å². The molecule has 0 aliphatic carbocycles. The van der Waals surface area contributed by atoms with Crippen molar-refractivity contribution in [1.82, 2.24) is 9.97 Å². The first-order valence-corrected chi connectivity index (χ1v) is 7.81. The van der Waals surface area contributed by atoms with E-state index in [0.29, 0.717) is 11.6 Å². The minimum absolute atomic E-state index is 0.437. The van der Waals surface area contributed by atoms with E-state index in [1.165, 1.54) is 6.33 Å². The van der Waals surface area contributed by atoms with Crippen LogP contribution in [0.5, 0.6) is 0 Å². The molecule has 3 aromatic rings. The molecule has 0 aliphatic heterocycles. The number of hydrogen-bond donors (Lipinski definition) is 2. The summed E-state index contributed by atoms with van der Waals surface area (Å²) in [5.41, 5.74) is 2.14. The number of halogens is 1. The molecular weight excluding hydrogens is 306 g/mol. The molecule has 1 atom stereocenters. The van der Waals surface area contributed by atoms with Gasteiger partial charge in [0.15, 0.2) is 0 Å². The third-order valence-corrected chi connectivity index (χ3v) is 4.23. The molecule has 108 valence electrons. The van der Waals surface area contributed by atoms with Gasteiger partial charge in [0.1, 0.15) is 17.0 Å². The monoisotopic (exact) mass is 319 g/mol. The second-order valence-electron chi connectivity index (χ2n) is 4.79. The predicted molar refractivity (Wildman–Crippen MR) is 88.0 cm³/mol. The first-order chi connectivity index (χ1) is 10.1. The van der Waals surface area contributed by atoms with Crippen molar-refractivity contribution in [2.75, 3.05) is 11.9 Å². The molecule has 0 amide bonds. The van der Waals surface area contributed by atoms with Crippen LogP contribution in [0.25, 0.3) is 21.3 Å². The van der Waals surface area contributed by atoms with Crippen molar-refractivity contribution in [2.24, 2.45) is 0 Å². The molecule has 1 aromatic carbocycles. The molecular formula is C15H14ClN3OS. The highest BCUT2D eigenvalue weighted by Crippen LogP contribution is 2.36. The maximum absolute atomic E-state index is 9.44. The Morgan fingerprint density at radius 1 is 1.29 bits per heavy atom. The van der Waals surface area contributed by atoms with Crippen molar-refractivity contribution in [3.8, 4) is 11.1 Å². The second-order valence-corrected chi connectivity index (χ2v) is 6.08. The van der Waals surface area contributed by atoms with E-state index in [1.54, 1.807) is 18.3 Å². The highest BCUT2D eigenvalue weighted by molar-refractivity contribution is 7.17. The van der Waals surface area contributed by atoms with Crippen LogP contribution in [0, 0.1) is 0 Å². The van der Waals surface area contributed by atoms with Crippen LogP contribution in [0.15, 0.2) is 36.0 Å². The molecule has 0 unspecified atom stereocenters. The quantitative estimate of drug-likeness (QED) is 0.768. The van der Waals surface area contributed by atoms with Crippen molar-refractivity contribution < 1.29 is 5.11 Å². The summed E-state index contributed by atoms with van der Waals surface area (Å²) >= 11 is 7.52. The Bertz CT molecular complexity index is 755. The van der Waals surface area contributed by atoms with Gasteiger partial charge in [-0.05, 0) is 24.6 Å².